The molecule has 0 fully saturated rings. The van der Waals surface area contributed by atoms with Crippen molar-refractivity contribution in [2.75, 3.05) is 0 Å². The van der Waals surface area contributed by atoms with Crippen LogP contribution in [0, 0.1) is 0 Å². The molecule has 0 saturated carbocycles. The highest BCUT2D eigenvalue weighted by molar-refractivity contribution is 7.91. The molecule has 3 aromatic rings. The maximum Gasteiger partial charge on any atom is 0.250 e. The van der Waals surface area contributed by atoms with Gasteiger partial charge in [-0.15, -0.1) is 11.3 Å². The van der Waals surface area contributed by atoms with E-state index in [1.165, 1.54) is 6.07 Å². The fourth-order valence-electron chi connectivity index (χ4n) is 2.61. The lowest BCUT2D eigenvalue weighted by atomic mass is 10.1. The van der Waals surface area contributed by atoms with Crippen LogP contribution < -0.4 is 10.0 Å². The van der Waals surface area contributed by atoms with E-state index in [-0.39, 0.29) is 16.5 Å². The molecule has 0 spiro atoms. The Labute approximate surface area is 163 Å². The molecule has 0 aliphatic carbocycles. The standard InChI is InChI=1S/C20H20N2O3S2/c23-20(21-15-17-10-5-2-6-11-17)18(14-16-8-3-1-4-9-16)22-27(24,25)19-12-7-13-26-19/h1-13,18,22H,14-15H2,(H,21,23)/t18-/m0/s1. The molecule has 0 radical (unpaired) electrons. The Kier molecular flexibility index (Phi) is 6.39. The van der Waals surface area contributed by atoms with Gasteiger partial charge in [-0.2, -0.15) is 4.72 Å². The van der Waals surface area contributed by atoms with Crippen LogP contribution >= 0.6 is 11.3 Å². The Hall–Kier alpha value is -2.48. The zero-order chi connectivity index (χ0) is 19.1. The van der Waals surface area contributed by atoms with Crippen LogP contribution in [-0.2, 0) is 27.8 Å². The van der Waals surface area contributed by atoms with Crippen molar-refractivity contribution in [2.24, 2.45) is 0 Å². The van der Waals surface area contributed by atoms with E-state index in [0.29, 0.717) is 6.54 Å². The van der Waals surface area contributed by atoms with Crippen LogP contribution in [0.25, 0.3) is 0 Å². The summed E-state index contributed by atoms with van der Waals surface area (Å²) in [5.74, 6) is -0.358. The first-order valence-electron chi connectivity index (χ1n) is 8.46. The van der Waals surface area contributed by atoms with Gasteiger partial charge in [-0.25, -0.2) is 8.42 Å². The molecule has 1 amide bonds. The Morgan fingerprint density at radius 2 is 1.52 bits per heavy atom. The van der Waals surface area contributed by atoms with Crippen molar-refractivity contribution < 1.29 is 13.2 Å². The highest BCUT2D eigenvalue weighted by atomic mass is 32.2. The number of rotatable bonds is 8. The lowest BCUT2D eigenvalue weighted by Gasteiger charge is -2.18. The van der Waals surface area contributed by atoms with E-state index in [1.807, 2.05) is 60.7 Å². The normalized spacial score (nSPS) is 12.4. The van der Waals surface area contributed by atoms with Crippen molar-refractivity contribution in [3.63, 3.8) is 0 Å². The summed E-state index contributed by atoms with van der Waals surface area (Å²) in [7, 11) is -3.76. The minimum Gasteiger partial charge on any atom is -0.351 e. The maximum absolute atomic E-state index is 12.7. The molecule has 0 unspecified atom stereocenters. The Bertz CT molecular complexity index is 957. The molecular weight excluding hydrogens is 380 g/mol. The molecule has 0 aliphatic rings. The summed E-state index contributed by atoms with van der Waals surface area (Å²) in [6.07, 6.45) is 0.270. The first-order valence-corrected chi connectivity index (χ1v) is 10.8. The van der Waals surface area contributed by atoms with Gasteiger partial charge in [-0.1, -0.05) is 66.7 Å². The first-order chi connectivity index (χ1) is 13.0. The summed E-state index contributed by atoms with van der Waals surface area (Å²) in [4.78, 5) is 12.7. The van der Waals surface area contributed by atoms with Crippen LogP contribution in [0.3, 0.4) is 0 Å². The van der Waals surface area contributed by atoms with Gasteiger partial charge in [0.2, 0.25) is 5.91 Å². The Morgan fingerprint density at radius 3 is 2.11 bits per heavy atom. The van der Waals surface area contributed by atoms with Crippen LogP contribution in [-0.4, -0.2) is 20.4 Å². The molecule has 3 rings (SSSR count). The average Bonchev–Trinajstić information content (AvgIpc) is 3.23. The molecule has 5 nitrogen and oxygen atoms in total. The van der Waals surface area contributed by atoms with E-state index in [2.05, 4.69) is 10.0 Å². The monoisotopic (exact) mass is 400 g/mol. The van der Waals surface area contributed by atoms with E-state index in [0.717, 1.165) is 22.5 Å². The quantitative estimate of drug-likeness (QED) is 0.610. The summed E-state index contributed by atoms with van der Waals surface area (Å²) in [6.45, 7) is 0.339. The number of sulfonamides is 1. The van der Waals surface area contributed by atoms with Crippen molar-refractivity contribution in [2.45, 2.75) is 23.2 Å². The number of thiophene rings is 1. The minimum atomic E-state index is -3.76. The highest BCUT2D eigenvalue weighted by Crippen LogP contribution is 2.17. The number of benzene rings is 2. The molecule has 2 aromatic carbocycles. The fourth-order valence-corrected chi connectivity index (χ4v) is 4.81. The summed E-state index contributed by atoms with van der Waals surface area (Å²) in [6, 6.07) is 21.1. The second kappa shape index (κ2) is 8.94. The van der Waals surface area contributed by atoms with E-state index in [9.17, 15) is 13.2 Å². The van der Waals surface area contributed by atoms with Gasteiger partial charge in [0.15, 0.2) is 0 Å². The van der Waals surface area contributed by atoms with E-state index in [1.54, 1.807) is 11.4 Å². The summed E-state index contributed by atoms with van der Waals surface area (Å²) in [5, 5.41) is 4.52. The molecule has 1 heterocycles. The lowest BCUT2D eigenvalue weighted by Crippen LogP contribution is -2.47. The van der Waals surface area contributed by atoms with Crippen molar-refractivity contribution in [3.05, 3.63) is 89.3 Å². The maximum atomic E-state index is 12.7. The van der Waals surface area contributed by atoms with Crippen molar-refractivity contribution in [1.82, 2.24) is 10.0 Å². The highest BCUT2D eigenvalue weighted by Gasteiger charge is 2.26. The molecular formula is C20H20N2O3S2. The van der Waals surface area contributed by atoms with Gasteiger partial charge in [0.25, 0.3) is 10.0 Å². The predicted molar refractivity (Wildman–Crippen MR) is 107 cm³/mol. The Balaban J connectivity index is 1.75. The van der Waals surface area contributed by atoms with Gasteiger partial charge >= 0.3 is 0 Å². The number of nitrogens with one attached hydrogen (secondary N) is 2. The average molecular weight is 401 g/mol. The SMILES string of the molecule is O=C(NCc1ccccc1)[C@H](Cc1ccccc1)NS(=O)(=O)c1cccs1. The van der Waals surface area contributed by atoms with Crippen LogP contribution in [0.4, 0.5) is 0 Å². The molecule has 0 saturated heterocycles. The molecule has 0 bridgehead atoms. The van der Waals surface area contributed by atoms with Gasteiger partial charge < -0.3 is 5.32 Å². The molecule has 1 aromatic heterocycles. The lowest BCUT2D eigenvalue weighted by molar-refractivity contribution is -0.122. The topological polar surface area (TPSA) is 75.3 Å². The smallest absolute Gasteiger partial charge is 0.250 e. The molecule has 7 heteroatoms. The van der Waals surface area contributed by atoms with E-state index >= 15 is 0 Å². The summed E-state index contributed by atoms with van der Waals surface area (Å²) < 4.78 is 27.9. The molecule has 0 aliphatic heterocycles. The number of hydrogen-bond donors (Lipinski definition) is 2. The minimum absolute atomic E-state index is 0.191. The largest absolute Gasteiger partial charge is 0.351 e. The zero-order valence-electron chi connectivity index (χ0n) is 14.5. The molecule has 1 atom stereocenters. The predicted octanol–water partition coefficient (Wildman–Crippen LogP) is 2.95. The number of carbonyl (C=O) groups excluding carboxylic acids is 1. The van der Waals surface area contributed by atoms with Crippen molar-refractivity contribution >= 4 is 27.3 Å². The van der Waals surface area contributed by atoms with Crippen LogP contribution in [0.1, 0.15) is 11.1 Å². The van der Waals surface area contributed by atoms with Gasteiger partial charge in [-0.3, -0.25) is 4.79 Å². The number of carbonyl (C=O) groups is 1. The zero-order valence-corrected chi connectivity index (χ0v) is 16.2. The molecule has 140 valence electrons. The molecule has 2 N–H and O–H groups in total. The van der Waals surface area contributed by atoms with Crippen molar-refractivity contribution in [1.29, 1.82) is 0 Å². The number of hydrogen-bond acceptors (Lipinski definition) is 4. The fraction of sp³-hybridized carbons (Fsp3) is 0.150. The van der Waals surface area contributed by atoms with Crippen LogP contribution in [0.15, 0.2) is 82.4 Å². The number of amides is 1. The van der Waals surface area contributed by atoms with E-state index in [4.69, 9.17) is 0 Å². The second-order valence-corrected chi connectivity index (χ2v) is 8.89. The third-order valence-electron chi connectivity index (χ3n) is 3.97. The second-order valence-electron chi connectivity index (χ2n) is 6.00. The molecule has 27 heavy (non-hydrogen) atoms. The van der Waals surface area contributed by atoms with Crippen molar-refractivity contribution in [3.8, 4) is 0 Å². The van der Waals surface area contributed by atoms with Gasteiger partial charge in [0.05, 0.1) is 0 Å². The van der Waals surface area contributed by atoms with Crippen LogP contribution in [0.5, 0.6) is 0 Å². The van der Waals surface area contributed by atoms with Gasteiger partial charge in [0.1, 0.15) is 10.3 Å². The van der Waals surface area contributed by atoms with Gasteiger partial charge in [-0.05, 0) is 29.0 Å². The van der Waals surface area contributed by atoms with Gasteiger partial charge in [0, 0.05) is 6.54 Å². The third-order valence-corrected chi connectivity index (χ3v) is 6.84. The first kappa shape index (κ1) is 19.3. The van der Waals surface area contributed by atoms with Crippen LogP contribution in [0.2, 0.25) is 0 Å². The third kappa shape index (κ3) is 5.50. The Morgan fingerprint density at radius 1 is 0.889 bits per heavy atom. The van der Waals surface area contributed by atoms with E-state index < -0.39 is 16.1 Å². The summed E-state index contributed by atoms with van der Waals surface area (Å²) in [5.41, 5.74) is 1.83. The summed E-state index contributed by atoms with van der Waals surface area (Å²) >= 11 is 1.12.